The number of hydrogen-bond donors (Lipinski definition) is 1. The predicted octanol–water partition coefficient (Wildman–Crippen LogP) is 1.74. The lowest BCUT2D eigenvalue weighted by atomic mass is 10.1. The number of halogens is 3. The van der Waals surface area contributed by atoms with E-state index in [1.54, 1.807) is 6.92 Å². The van der Waals surface area contributed by atoms with Gasteiger partial charge in [0.2, 0.25) is 0 Å². The molecule has 0 spiro atoms. The first-order valence-corrected chi connectivity index (χ1v) is 8.25. The van der Waals surface area contributed by atoms with Crippen LogP contribution in [0.15, 0.2) is 33.9 Å². The quantitative estimate of drug-likeness (QED) is 0.776. The summed E-state index contributed by atoms with van der Waals surface area (Å²) in [6, 6.07) is 4.18. The molecule has 27 heavy (non-hydrogen) atoms. The van der Waals surface area contributed by atoms with Gasteiger partial charge < -0.3 is 5.73 Å². The first-order chi connectivity index (χ1) is 12.5. The number of nitrogens with zero attached hydrogens (tertiary/aromatic N) is 2. The summed E-state index contributed by atoms with van der Waals surface area (Å²) >= 11 is 4.86. The molecule has 0 fully saturated rings. The van der Waals surface area contributed by atoms with Crippen LogP contribution in [0, 0.1) is 6.92 Å². The van der Waals surface area contributed by atoms with Gasteiger partial charge in [-0.1, -0.05) is 18.3 Å². The number of thiocarbonyl (C=S) groups is 1. The minimum Gasteiger partial charge on any atom is -0.365 e. The molecule has 0 unspecified atom stereocenters. The fourth-order valence-corrected chi connectivity index (χ4v) is 2.80. The van der Waals surface area contributed by atoms with Gasteiger partial charge in [0.1, 0.15) is 0 Å². The van der Waals surface area contributed by atoms with Crippen molar-refractivity contribution in [3.05, 3.63) is 61.9 Å². The molecule has 2 aromatic rings. The molecule has 144 valence electrons. The second-order valence-corrected chi connectivity index (χ2v) is 6.24. The van der Waals surface area contributed by atoms with Crippen molar-refractivity contribution in [3.8, 4) is 5.69 Å². The average Bonchev–Trinajstić information content (AvgIpc) is 2.58. The number of amides is 1. The summed E-state index contributed by atoms with van der Waals surface area (Å²) < 4.78 is 40.9. The van der Waals surface area contributed by atoms with E-state index in [-0.39, 0.29) is 34.8 Å². The van der Waals surface area contributed by atoms with Crippen LogP contribution < -0.4 is 17.0 Å². The molecule has 10 heteroatoms. The summed E-state index contributed by atoms with van der Waals surface area (Å²) in [5.74, 6) is -0.885. The third-order valence-electron chi connectivity index (χ3n) is 4.06. The Hall–Kier alpha value is -2.75. The molecule has 0 atom stereocenters. The van der Waals surface area contributed by atoms with Gasteiger partial charge in [-0.2, -0.15) is 13.2 Å². The predicted molar refractivity (Wildman–Crippen MR) is 97.2 cm³/mol. The first kappa shape index (κ1) is 20.6. The molecule has 1 amide bonds. The van der Waals surface area contributed by atoms with E-state index in [2.05, 4.69) is 0 Å². The van der Waals surface area contributed by atoms with Gasteiger partial charge in [-0.05, 0) is 32.0 Å². The summed E-state index contributed by atoms with van der Waals surface area (Å²) in [5.41, 5.74) is 2.80. The molecule has 1 aromatic carbocycles. The minimum atomic E-state index is -4.59. The highest BCUT2D eigenvalue weighted by Crippen LogP contribution is 2.30. The Kier molecular flexibility index (Phi) is 5.69. The molecule has 0 saturated carbocycles. The zero-order chi connectivity index (χ0) is 20.5. The molecule has 0 bridgehead atoms. The van der Waals surface area contributed by atoms with Crippen molar-refractivity contribution in [1.29, 1.82) is 0 Å². The minimum absolute atomic E-state index is 0.00670. The van der Waals surface area contributed by atoms with Gasteiger partial charge in [0.05, 0.1) is 16.1 Å². The fourth-order valence-electron chi connectivity index (χ4n) is 2.66. The summed E-state index contributed by atoms with van der Waals surface area (Å²) in [6.45, 7) is 2.94. The van der Waals surface area contributed by atoms with Crippen LogP contribution >= 0.6 is 12.2 Å². The normalized spacial score (nSPS) is 11.4. The zero-order valence-corrected chi connectivity index (χ0v) is 15.3. The first-order valence-electron chi connectivity index (χ1n) is 7.84. The highest BCUT2D eigenvalue weighted by molar-refractivity contribution is 7.82. The Bertz CT molecular complexity index is 1040. The van der Waals surface area contributed by atoms with Crippen molar-refractivity contribution in [1.82, 2.24) is 9.13 Å². The van der Waals surface area contributed by atoms with Gasteiger partial charge in [0.25, 0.3) is 11.5 Å². The van der Waals surface area contributed by atoms with Crippen molar-refractivity contribution in [2.24, 2.45) is 5.73 Å². The summed E-state index contributed by atoms with van der Waals surface area (Å²) in [6.07, 6.45) is -4.88. The number of aromatic nitrogens is 2. The highest BCUT2D eigenvalue weighted by atomic mass is 32.1. The van der Waals surface area contributed by atoms with Gasteiger partial charge in [-0.15, -0.1) is 0 Å². The number of carbonyl (C=O) groups is 1. The Morgan fingerprint density at radius 3 is 2.41 bits per heavy atom. The van der Waals surface area contributed by atoms with Crippen LogP contribution in [-0.2, 0) is 23.9 Å². The molecular formula is C17H16F3N3O3S. The summed E-state index contributed by atoms with van der Waals surface area (Å²) in [5, 5.41) is 0. The Labute approximate surface area is 157 Å². The molecule has 0 aliphatic rings. The largest absolute Gasteiger partial charge is 0.416 e. The van der Waals surface area contributed by atoms with Crippen molar-refractivity contribution >= 4 is 23.0 Å². The monoisotopic (exact) mass is 399 g/mol. The number of rotatable bonds is 5. The number of primary amides is 1. The van der Waals surface area contributed by atoms with E-state index < -0.39 is 28.9 Å². The Morgan fingerprint density at radius 2 is 1.89 bits per heavy atom. The van der Waals surface area contributed by atoms with Gasteiger partial charge in [0, 0.05) is 24.2 Å². The standard InChI is InChI=1S/C17H16F3N3O3S/c1-3-22-15(25)12(8-13(27)14(21)24)9(2)23(16(22)26)11-6-4-5-10(7-11)17(18,19)20/h4-7H,3,8H2,1-2H3,(H2,21,24). The Balaban J connectivity index is 2.81. The second-order valence-electron chi connectivity index (χ2n) is 5.74. The number of hydrogen-bond acceptors (Lipinski definition) is 4. The van der Waals surface area contributed by atoms with Gasteiger partial charge in [-0.25, -0.2) is 4.79 Å². The van der Waals surface area contributed by atoms with E-state index in [1.165, 1.54) is 19.1 Å². The fraction of sp³-hybridized carbons (Fsp3) is 0.294. The maximum atomic E-state index is 13.0. The van der Waals surface area contributed by atoms with Crippen LogP contribution in [-0.4, -0.2) is 19.9 Å². The topological polar surface area (TPSA) is 87.1 Å². The molecule has 1 heterocycles. The Morgan fingerprint density at radius 1 is 1.26 bits per heavy atom. The van der Waals surface area contributed by atoms with E-state index in [0.29, 0.717) is 0 Å². The lowest BCUT2D eigenvalue weighted by Crippen LogP contribution is -2.43. The highest BCUT2D eigenvalue weighted by Gasteiger charge is 2.31. The third kappa shape index (κ3) is 4.00. The summed E-state index contributed by atoms with van der Waals surface area (Å²) in [7, 11) is 0. The molecule has 0 aliphatic heterocycles. The maximum Gasteiger partial charge on any atom is 0.416 e. The van der Waals surface area contributed by atoms with E-state index >= 15 is 0 Å². The average molecular weight is 399 g/mol. The molecule has 0 aliphatic carbocycles. The number of nitrogens with two attached hydrogens (primary N) is 1. The van der Waals surface area contributed by atoms with Crippen LogP contribution in [0.1, 0.15) is 23.7 Å². The number of carbonyl (C=O) groups excluding carboxylic acids is 1. The van der Waals surface area contributed by atoms with Crippen molar-refractivity contribution in [3.63, 3.8) is 0 Å². The molecule has 2 rings (SSSR count). The van der Waals surface area contributed by atoms with E-state index in [9.17, 15) is 27.6 Å². The van der Waals surface area contributed by atoms with E-state index in [1.807, 2.05) is 0 Å². The second kappa shape index (κ2) is 7.47. The van der Waals surface area contributed by atoms with Gasteiger partial charge >= 0.3 is 11.9 Å². The lowest BCUT2D eigenvalue weighted by Gasteiger charge is -2.17. The maximum absolute atomic E-state index is 13.0. The van der Waals surface area contributed by atoms with Crippen LogP contribution in [0.5, 0.6) is 0 Å². The number of benzene rings is 1. The van der Waals surface area contributed by atoms with Crippen LogP contribution in [0.2, 0.25) is 0 Å². The van der Waals surface area contributed by atoms with Gasteiger partial charge in [0.15, 0.2) is 0 Å². The van der Waals surface area contributed by atoms with Crippen LogP contribution in [0.3, 0.4) is 0 Å². The van der Waals surface area contributed by atoms with Crippen LogP contribution in [0.25, 0.3) is 5.69 Å². The lowest BCUT2D eigenvalue weighted by molar-refractivity contribution is -0.137. The zero-order valence-electron chi connectivity index (χ0n) is 14.5. The van der Waals surface area contributed by atoms with Gasteiger partial charge in [-0.3, -0.25) is 18.7 Å². The molecule has 0 saturated heterocycles. The molecule has 0 radical (unpaired) electrons. The van der Waals surface area contributed by atoms with Crippen molar-refractivity contribution in [2.75, 3.05) is 0 Å². The number of alkyl halides is 3. The molecular weight excluding hydrogens is 383 g/mol. The summed E-state index contributed by atoms with van der Waals surface area (Å²) in [4.78, 5) is 36.3. The van der Waals surface area contributed by atoms with E-state index in [0.717, 1.165) is 21.3 Å². The van der Waals surface area contributed by atoms with Crippen LogP contribution in [0.4, 0.5) is 13.2 Å². The molecule has 1 aromatic heterocycles. The van der Waals surface area contributed by atoms with E-state index in [4.69, 9.17) is 18.0 Å². The molecule has 2 N–H and O–H groups in total. The van der Waals surface area contributed by atoms with Crippen molar-refractivity contribution in [2.45, 2.75) is 33.0 Å². The third-order valence-corrected chi connectivity index (χ3v) is 4.40. The SMILES string of the molecule is CCn1c(=O)c(CC(=S)C(N)=O)c(C)n(-c2cccc(C(F)(F)F)c2)c1=O. The van der Waals surface area contributed by atoms with Crippen molar-refractivity contribution < 1.29 is 18.0 Å². The molecule has 6 nitrogen and oxygen atoms in total. The smallest absolute Gasteiger partial charge is 0.365 e.